The number of halogens is 2. The van der Waals surface area contributed by atoms with E-state index >= 15 is 0 Å². The zero-order chi connectivity index (χ0) is 13.8. The number of anilines is 1. The van der Waals surface area contributed by atoms with Crippen LogP contribution in [-0.2, 0) is 6.42 Å². The Labute approximate surface area is 134 Å². The van der Waals surface area contributed by atoms with E-state index in [4.69, 9.17) is 0 Å². The molecule has 2 aromatic heterocycles. The first-order valence-corrected chi connectivity index (χ1v) is 7.95. The summed E-state index contributed by atoms with van der Waals surface area (Å²) in [4.78, 5) is 13.5. The maximum Gasteiger partial charge on any atom is 0.181 e. The van der Waals surface area contributed by atoms with Crippen molar-refractivity contribution < 1.29 is 0 Å². The number of pyridine rings is 1. The summed E-state index contributed by atoms with van der Waals surface area (Å²) in [7, 11) is 0. The number of rotatable bonds is 4. The number of hydrogen-bond donors (Lipinski definition) is 1. The molecule has 0 radical (unpaired) electrons. The highest BCUT2D eigenvalue weighted by Gasteiger charge is 2.14. The van der Waals surface area contributed by atoms with Crippen LogP contribution in [0.3, 0.4) is 0 Å². The van der Waals surface area contributed by atoms with Crippen LogP contribution < -0.4 is 5.32 Å². The van der Waals surface area contributed by atoms with E-state index in [0.717, 1.165) is 38.2 Å². The molecule has 0 amide bonds. The molecule has 2 rings (SSSR count). The molecule has 6 heteroatoms. The van der Waals surface area contributed by atoms with E-state index in [1.165, 1.54) is 0 Å². The smallest absolute Gasteiger partial charge is 0.181 e. The van der Waals surface area contributed by atoms with Crippen molar-refractivity contribution >= 4 is 44.3 Å². The Morgan fingerprint density at radius 1 is 1.32 bits per heavy atom. The van der Waals surface area contributed by atoms with Crippen molar-refractivity contribution in [1.82, 2.24) is 15.0 Å². The lowest BCUT2D eigenvalue weighted by Crippen LogP contribution is -2.08. The fourth-order valence-corrected chi connectivity index (χ4v) is 2.91. The van der Waals surface area contributed by atoms with Crippen molar-refractivity contribution in [3.05, 3.63) is 32.1 Å². The Bertz CT molecular complexity index is 589. The van der Waals surface area contributed by atoms with Gasteiger partial charge in [0.05, 0.1) is 9.26 Å². The van der Waals surface area contributed by atoms with E-state index in [1.807, 2.05) is 12.1 Å². The molecule has 0 unspecified atom stereocenters. The largest absolute Gasteiger partial charge is 0.369 e. The molecule has 0 aliphatic heterocycles. The van der Waals surface area contributed by atoms with Crippen LogP contribution in [-0.4, -0.2) is 21.5 Å². The summed E-state index contributed by atoms with van der Waals surface area (Å²) in [5, 5.41) is 3.28. The molecule has 2 aromatic rings. The average molecular weight is 433 g/mol. The van der Waals surface area contributed by atoms with Gasteiger partial charge in [0.1, 0.15) is 11.5 Å². The maximum absolute atomic E-state index is 4.61. The molecule has 0 atom stereocenters. The van der Waals surface area contributed by atoms with Crippen molar-refractivity contribution in [3.8, 4) is 11.5 Å². The minimum atomic E-state index is 0.653. The van der Waals surface area contributed by atoms with E-state index in [1.54, 1.807) is 6.20 Å². The lowest BCUT2D eigenvalue weighted by atomic mass is 10.3. The molecule has 0 saturated carbocycles. The summed E-state index contributed by atoms with van der Waals surface area (Å²) in [6.07, 6.45) is 2.62. The van der Waals surface area contributed by atoms with E-state index in [0.29, 0.717) is 5.82 Å². The molecule has 0 fully saturated rings. The molecule has 0 aromatic carbocycles. The monoisotopic (exact) mass is 432 g/mol. The standard InChI is InChI=1S/C13H14BrIN4/c1-3-9-10(15)12(16-4-2)19-13(18-9)11-8(14)6-5-7-17-11/h5-7H,3-4H2,1-2H3,(H,16,18,19). The van der Waals surface area contributed by atoms with Gasteiger partial charge in [-0.1, -0.05) is 6.92 Å². The first-order chi connectivity index (χ1) is 9.17. The van der Waals surface area contributed by atoms with Gasteiger partial charge in [-0.3, -0.25) is 4.98 Å². The van der Waals surface area contributed by atoms with Crippen LogP contribution in [0, 0.1) is 3.57 Å². The van der Waals surface area contributed by atoms with Gasteiger partial charge in [-0.05, 0) is 64.0 Å². The zero-order valence-corrected chi connectivity index (χ0v) is 14.5. The van der Waals surface area contributed by atoms with Gasteiger partial charge in [0, 0.05) is 17.2 Å². The van der Waals surface area contributed by atoms with Crippen molar-refractivity contribution in [2.45, 2.75) is 20.3 Å². The molecule has 1 N–H and O–H groups in total. The summed E-state index contributed by atoms with van der Waals surface area (Å²) < 4.78 is 1.98. The molecule has 0 spiro atoms. The first kappa shape index (κ1) is 14.6. The third kappa shape index (κ3) is 3.22. The highest BCUT2D eigenvalue weighted by Crippen LogP contribution is 2.27. The second-order valence-electron chi connectivity index (χ2n) is 3.87. The normalized spacial score (nSPS) is 10.5. The zero-order valence-electron chi connectivity index (χ0n) is 10.7. The highest BCUT2D eigenvalue weighted by atomic mass is 127. The number of nitrogens with zero attached hydrogens (tertiary/aromatic N) is 3. The molecular formula is C13H14BrIN4. The molecule has 0 aliphatic carbocycles. The molecule has 100 valence electrons. The lowest BCUT2D eigenvalue weighted by molar-refractivity contribution is 0.975. The third-order valence-corrected chi connectivity index (χ3v) is 4.34. The summed E-state index contributed by atoms with van der Waals surface area (Å²) in [6.45, 7) is 4.98. The van der Waals surface area contributed by atoms with Crippen LogP contribution in [0.15, 0.2) is 22.8 Å². The van der Waals surface area contributed by atoms with Gasteiger partial charge in [-0.25, -0.2) is 9.97 Å². The predicted octanol–water partition coefficient (Wildman–Crippen LogP) is 3.90. The molecule has 2 heterocycles. The van der Waals surface area contributed by atoms with E-state index < -0.39 is 0 Å². The summed E-state index contributed by atoms with van der Waals surface area (Å²) in [5.41, 5.74) is 1.81. The fraction of sp³-hybridized carbons (Fsp3) is 0.308. The molecule has 0 saturated heterocycles. The summed E-state index contributed by atoms with van der Waals surface area (Å²) in [6, 6.07) is 3.83. The van der Waals surface area contributed by atoms with Crippen LogP contribution in [0.5, 0.6) is 0 Å². The van der Waals surface area contributed by atoms with Crippen molar-refractivity contribution in [2.24, 2.45) is 0 Å². The third-order valence-electron chi connectivity index (χ3n) is 2.57. The number of aryl methyl sites for hydroxylation is 1. The lowest BCUT2D eigenvalue weighted by Gasteiger charge is -2.11. The van der Waals surface area contributed by atoms with Crippen LogP contribution in [0.25, 0.3) is 11.5 Å². The Balaban J connectivity index is 2.58. The van der Waals surface area contributed by atoms with E-state index in [9.17, 15) is 0 Å². The van der Waals surface area contributed by atoms with Crippen molar-refractivity contribution in [3.63, 3.8) is 0 Å². The topological polar surface area (TPSA) is 50.7 Å². The van der Waals surface area contributed by atoms with Crippen LogP contribution in [0.1, 0.15) is 19.5 Å². The number of nitrogens with one attached hydrogen (secondary N) is 1. The molecule has 4 nitrogen and oxygen atoms in total. The quantitative estimate of drug-likeness (QED) is 0.744. The minimum absolute atomic E-state index is 0.653. The molecule has 0 aliphatic rings. The van der Waals surface area contributed by atoms with Gasteiger partial charge in [-0.2, -0.15) is 0 Å². The predicted molar refractivity (Wildman–Crippen MR) is 89.2 cm³/mol. The van der Waals surface area contributed by atoms with E-state index in [-0.39, 0.29) is 0 Å². The SMILES string of the molecule is CCNc1nc(-c2ncccc2Br)nc(CC)c1I. The van der Waals surface area contributed by atoms with Crippen LogP contribution in [0.2, 0.25) is 0 Å². The van der Waals surface area contributed by atoms with E-state index in [2.05, 4.69) is 72.6 Å². The first-order valence-electron chi connectivity index (χ1n) is 6.08. The van der Waals surface area contributed by atoms with Gasteiger partial charge in [0.25, 0.3) is 0 Å². The molecular weight excluding hydrogens is 419 g/mol. The Hall–Kier alpha value is -0.760. The molecule has 0 bridgehead atoms. The van der Waals surface area contributed by atoms with Gasteiger partial charge >= 0.3 is 0 Å². The molecule has 19 heavy (non-hydrogen) atoms. The van der Waals surface area contributed by atoms with Gasteiger partial charge in [0.2, 0.25) is 0 Å². The Morgan fingerprint density at radius 3 is 2.74 bits per heavy atom. The van der Waals surface area contributed by atoms with Gasteiger partial charge in [-0.15, -0.1) is 0 Å². The van der Waals surface area contributed by atoms with Crippen molar-refractivity contribution in [2.75, 3.05) is 11.9 Å². The minimum Gasteiger partial charge on any atom is -0.369 e. The van der Waals surface area contributed by atoms with Crippen LogP contribution >= 0.6 is 38.5 Å². The average Bonchev–Trinajstić information content (AvgIpc) is 2.42. The number of hydrogen-bond acceptors (Lipinski definition) is 4. The second kappa shape index (κ2) is 6.60. The van der Waals surface area contributed by atoms with Gasteiger partial charge < -0.3 is 5.32 Å². The summed E-state index contributed by atoms with van der Waals surface area (Å²) in [5.74, 6) is 1.53. The fourth-order valence-electron chi connectivity index (χ4n) is 1.67. The second-order valence-corrected chi connectivity index (χ2v) is 5.81. The highest BCUT2D eigenvalue weighted by molar-refractivity contribution is 14.1. The van der Waals surface area contributed by atoms with Crippen LogP contribution in [0.4, 0.5) is 5.82 Å². The number of aromatic nitrogens is 3. The Morgan fingerprint density at radius 2 is 2.11 bits per heavy atom. The van der Waals surface area contributed by atoms with Gasteiger partial charge in [0.15, 0.2) is 5.82 Å². The Kier molecular flexibility index (Phi) is 5.09. The summed E-state index contributed by atoms with van der Waals surface area (Å²) >= 11 is 5.79. The maximum atomic E-state index is 4.61. The van der Waals surface area contributed by atoms with Crippen molar-refractivity contribution in [1.29, 1.82) is 0 Å².